The number of nitrogens with zero attached hydrogens (tertiary/aromatic N) is 1. The minimum Gasteiger partial charge on any atom is -0.392 e. The van der Waals surface area contributed by atoms with Crippen molar-refractivity contribution in [3.63, 3.8) is 0 Å². The largest absolute Gasteiger partial charge is 0.392 e. The number of hydrogen-bond donors (Lipinski definition) is 2. The van der Waals surface area contributed by atoms with Gasteiger partial charge in [0.05, 0.1) is 6.10 Å². The first-order chi connectivity index (χ1) is 6.76. The van der Waals surface area contributed by atoms with Crippen molar-refractivity contribution in [2.45, 2.75) is 26.0 Å². The van der Waals surface area contributed by atoms with Crippen LogP contribution in [0.4, 0.5) is 0 Å². The third kappa shape index (κ3) is 3.46. The van der Waals surface area contributed by atoms with Gasteiger partial charge in [0, 0.05) is 18.0 Å². The molecule has 0 saturated carbocycles. The Morgan fingerprint density at radius 2 is 2.43 bits per heavy atom. The molecule has 0 spiro atoms. The lowest BCUT2D eigenvalue weighted by Crippen LogP contribution is -2.25. The highest BCUT2D eigenvalue weighted by molar-refractivity contribution is 7.12. The normalized spacial score (nSPS) is 12.4. The summed E-state index contributed by atoms with van der Waals surface area (Å²) in [6.45, 7) is 3.28. The lowest BCUT2D eigenvalue weighted by Gasteiger charge is -2.07. The van der Waals surface area contributed by atoms with Gasteiger partial charge in [0.25, 0.3) is 0 Å². The molecule has 0 aliphatic heterocycles. The van der Waals surface area contributed by atoms with E-state index < -0.39 is 0 Å². The standard InChI is InChI=1S/C10H14N2OS/c1-2-8(13)6-12-7-10-4-3-9(5-11)14-10/h3-4,8,12-13H,2,6-7H2,1H3. The monoisotopic (exact) mass is 210 g/mol. The molecular weight excluding hydrogens is 196 g/mol. The first-order valence-electron chi connectivity index (χ1n) is 4.64. The van der Waals surface area contributed by atoms with Crippen molar-refractivity contribution in [2.75, 3.05) is 6.54 Å². The summed E-state index contributed by atoms with van der Waals surface area (Å²) in [5.74, 6) is 0. The van der Waals surface area contributed by atoms with Gasteiger partial charge in [0.1, 0.15) is 10.9 Å². The van der Waals surface area contributed by atoms with Crippen LogP contribution in [-0.4, -0.2) is 17.8 Å². The van der Waals surface area contributed by atoms with E-state index in [0.29, 0.717) is 6.54 Å². The lowest BCUT2D eigenvalue weighted by atomic mass is 10.3. The number of hydrogen-bond acceptors (Lipinski definition) is 4. The van der Waals surface area contributed by atoms with Crippen molar-refractivity contribution in [1.29, 1.82) is 5.26 Å². The molecule has 0 saturated heterocycles. The van der Waals surface area contributed by atoms with Gasteiger partial charge < -0.3 is 10.4 Å². The highest BCUT2D eigenvalue weighted by atomic mass is 32.1. The number of nitrogens with one attached hydrogen (secondary N) is 1. The van der Waals surface area contributed by atoms with Crippen LogP contribution in [0, 0.1) is 11.3 Å². The first-order valence-corrected chi connectivity index (χ1v) is 5.45. The molecule has 0 radical (unpaired) electrons. The van der Waals surface area contributed by atoms with Gasteiger partial charge in [-0.25, -0.2) is 0 Å². The van der Waals surface area contributed by atoms with E-state index in [1.807, 2.05) is 19.1 Å². The molecule has 0 aliphatic rings. The van der Waals surface area contributed by atoms with Crippen LogP contribution in [0.2, 0.25) is 0 Å². The van der Waals surface area contributed by atoms with Crippen LogP contribution >= 0.6 is 11.3 Å². The molecule has 14 heavy (non-hydrogen) atoms. The molecule has 2 N–H and O–H groups in total. The fourth-order valence-electron chi connectivity index (χ4n) is 1.04. The zero-order valence-corrected chi connectivity index (χ0v) is 8.97. The Kier molecular flexibility index (Phi) is 4.60. The molecule has 3 nitrogen and oxygen atoms in total. The van der Waals surface area contributed by atoms with Crippen LogP contribution in [0.15, 0.2) is 12.1 Å². The van der Waals surface area contributed by atoms with E-state index >= 15 is 0 Å². The van der Waals surface area contributed by atoms with Crippen molar-refractivity contribution in [1.82, 2.24) is 5.32 Å². The van der Waals surface area contributed by atoms with Crippen LogP contribution < -0.4 is 5.32 Å². The molecule has 0 aliphatic carbocycles. The van der Waals surface area contributed by atoms with Crippen molar-refractivity contribution in [3.05, 3.63) is 21.9 Å². The Bertz CT molecular complexity index is 316. The average molecular weight is 210 g/mol. The zero-order chi connectivity index (χ0) is 10.4. The van der Waals surface area contributed by atoms with Gasteiger partial charge in [-0.2, -0.15) is 5.26 Å². The molecule has 0 fully saturated rings. The van der Waals surface area contributed by atoms with E-state index in [0.717, 1.165) is 22.7 Å². The summed E-state index contributed by atoms with van der Waals surface area (Å²) >= 11 is 1.49. The highest BCUT2D eigenvalue weighted by Crippen LogP contribution is 2.14. The van der Waals surface area contributed by atoms with Crippen molar-refractivity contribution < 1.29 is 5.11 Å². The summed E-state index contributed by atoms with van der Waals surface area (Å²) in [6, 6.07) is 5.86. The molecule has 0 amide bonds. The van der Waals surface area contributed by atoms with Gasteiger partial charge in [0.15, 0.2) is 0 Å². The van der Waals surface area contributed by atoms with Crippen molar-refractivity contribution >= 4 is 11.3 Å². The fourth-order valence-corrected chi connectivity index (χ4v) is 1.81. The molecule has 1 heterocycles. The maximum atomic E-state index is 9.28. The van der Waals surface area contributed by atoms with Crippen LogP contribution in [0.25, 0.3) is 0 Å². The molecule has 1 aromatic rings. The minimum atomic E-state index is -0.273. The van der Waals surface area contributed by atoms with Crippen molar-refractivity contribution in [2.24, 2.45) is 0 Å². The Labute approximate surface area is 88.0 Å². The van der Waals surface area contributed by atoms with Gasteiger partial charge >= 0.3 is 0 Å². The van der Waals surface area contributed by atoms with E-state index in [1.54, 1.807) is 0 Å². The predicted octanol–water partition coefficient (Wildman–Crippen LogP) is 1.48. The fraction of sp³-hybridized carbons (Fsp3) is 0.500. The molecule has 0 aromatic carbocycles. The lowest BCUT2D eigenvalue weighted by molar-refractivity contribution is 0.167. The maximum absolute atomic E-state index is 9.28. The van der Waals surface area contributed by atoms with E-state index in [1.165, 1.54) is 11.3 Å². The van der Waals surface area contributed by atoms with E-state index in [4.69, 9.17) is 5.26 Å². The van der Waals surface area contributed by atoms with Gasteiger partial charge in [-0.3, -0.25) is 0 Å². The number of rotatable bonds is 5. The zero-order valence-electron chi connectivity index (χ0n) is 8.16. The molecule has 1 aromatic heterocycles. The second-order valence-electron chi connectivity index (χ2n) is 3.07. The molecule has 1 atom stereocenters. The van der Waals surface area contributed by atoms with Crippen LogP contribution in [0.3, 0.4) is 0 Å². The molecule has 1 unspecified atom stereocenters. The van der Waals surface area contributed by atoms with Gasteiger partial charge in [-0.05, 0) is 18.6 Å². The Morgan fingerprint density at radius 3 is 3.00 bits per heavy atom. The topological polar surface area (TPSA) is 56.0 Å². The number of aliphatic hydroxyl groups is 1. The first kappa shape index (κ1) is 11.2. The SMILES string of the molecule is CCC(O)CNCc1ccc(C#N)s1. The maximum Gasteiger partial charge on any atom is 0.110 e. The number of thiophene rings is 1. The second kappa shape index (κ2) is 5.76. The second-order valence-corrected chi connectivity index (χ2v) is 4.24. The minimum absolute atomic E-state index is 0.273. The molecule has 4 heteroatoms. The summed E-state index contributed by atoms with van der Waals surface area (Å²) < 4.78 is 0. The number of aliphatic hydroxyl groups excluding tert-OH is 1. The summed E-state index contributed by atoms with van der Waals surface area (Å²) in [5, 5.41) is 21.0. The van der Waals surface area contributed by atoms with E-state index in [-0.39, 0.29) is 6.10 Å². The van der Waals surface area contributed by atoms with Gasteiger partial charge in [-0.1, -0.05) is 6.92 Å². The molecule has 0 bridgehead atoms. The smallest absolute Gasteiger partial charge is 0.110 e. The third-order valence-electron chi connectivity index (χ3n) is 1.92. The Hall–Kier alpha value is -0.890. The molecule has 76 valence electrons. The van der Waals surface area contributed by atoms with E-state index in [9.17, 15) is 5.11 Å². The quantitative estimate of drug-likeness (QED) is 0.774. The highest BCUT2D eigenvalue weighted by Gasteiger charge is 2.01. The number of nitriles is 1. The predicted molar refractivity (Wildman–Crippen MR) is 57.0 cm³/mol. The summed E-state index contributed by atoms with van der Waals surface area (Å²) in [5.41, 5.74) is 0. The molecular formula is C10H14N2OS. The summed E-state index contributed by atoms with van der Waals surface area (Å²) in [6.07, 6.45) is 0.492. The van der Waals surface area contributed by atoms with Gasteiger partial charge in [-0.15, -0.1) is 11.3 Å². The molecule has 1 rings (SSSR count). The van der Waals surface area contributed by atoms with Crippen LogP contribution in [0.5, 0.6) is 0 Å². The Balaban J connectivity index is 2.28. The Morgan fingerprint density at radius 1 is 1.64 bits per heavy atom. The van der Waals surface area contributed by atoms with Crippen LogP contribution in [-0.2, 0) is 6.54 Å². The van der Waals surface area contributed by atoms with Crippen LogP contribution in [0.1, 0.15) is 23.1 Å². The van der Waals surface area contributed by atoms with Gasteiger partial charge in [0.2, 0.25) is 0 Å². The average Bonchev–Trinajstić information content (AvgIpc) is 2.65. The third-order valence-corrected chi connectivity index (χ3v) is 2.91. The summed E-state index contributed by atoms with van der Waals surface area (Å²) in [4.78, 5) is 1.86. The van der Waals surface area contributed by atoms with E-state index in [2.05, 4.69) is 11.4 Å². The van der Waals surface area contributed by atoms with Crippen molar-refractivity contribution in [3.8, 4) is 6.07 Å². The summed E-state index contributed by atoms with van der Waals surface area (Å²) in [7, 11) is 0.